The number of benzene rings is 1. The summed E-state index contributed by atoms with van der Waals surface area (Å²) in [5, 5.41) is 9.63. The number of aliphatic hydroxyl groups is 1. The molecule has 0 heterocycles. The highest BCUT2D eigenvalue weighted by molar-refractivity contribution is 7.80. The van der Waals surface area contributed by atoms with Crippen molar-refractivity contribution in [2.24, 2.45) is 5.73 Å². The Morgan fingerprint density at radius 2 is 2.18 bits per heavy atom. The van der Waals surface area contributed by atoms with Crippen molar-refractivity contribution < 1.29 is 5.11 Å². The van der Waals surface area contributed by atoms with Crippen molar-refractivity contribution in [3.05, 3.63) is 28.8 Å². The van der Waals surface area contributed by atoms with Crippen molar-refractivity contribution in [2.75, 3.05) is 24.6 Å². The number of thiocarbonyl (C=S) groups is 1. The van der Waals surface area contributed by atoms with Gasteiger partial charge in [-0.15, -0.1) is 0 Å². The average Bonchev–Trinajstić information content (AvgIpc) is 2.28. The predicted octanol–water partition coefficient (Wildman–Crippen LogP) is 2.18. The van der Waals surface area contributed by atoms with Gasteiger partial charge in [0.2, 0.25) is 0 Å². The molecule has 94 valence electrons. The van der Waals surface area contributed by atoms with Crippen LogP contribution in [0.15, 0.2) is 18.2 Å². The van der Waals surface area contributed by atoms with Gasteiger partial charge >= 0.3 is 0 Å². The summed E-state index contributed by atoms with van der Waals surface area (Å²) >= 11 is 11.1. The van der Waals surface area contributed by atoms with E-state index in [-0.39, 0.29) is 11.6 Å². The lowest BCUT2D eigenvalue weighted by Gasteiger charge is -2.26. The first-order valence-corrected chi connectivity index (χ1v) is 6.34. The molecule has 0 amide bonds. The normalized spacial score (nSPS) is 10.3. The van der Waals surface area contributed by atoms with Gasteiger partial charge in [-0.05, 0) is 18.6 Å². The topological polar surface area (TPSA) is 49.5 Å². The van der Waals surface area contributed by atoms with Gasteiger partial charge in [0.05, 0.1) is 17.2 Å². The van der Waals surface area contributed by atoms with Crippen LogP contribution < -0.4 is 10.6 Å². The maximum atomic E-state index is 9.08. The first-order chi connectivity index (χ1) is 8.11. The molecular weight excluding hydrogens is 256 g/mol. The number of halogens is 1. The number of nitrogens with zero attached hydrogens (tertiary/aromatic N) is 1. The first-order valence-electron chi connectivity index (χ1n) is 5.56. The van der Waals surface area contributed by atoms with Crippen molar-refractivity contribution >= 4 is 34.5 Å². The lowest BCUT2D eigenvalue weighted by atomic mass is 10.1. The second-order valence-corrected chi connectivity index (χ2v) is 4.56. The molecule has 0 aliphatic heterocycles. The smallest absolute Gasteiger partial charge is 0.107 e. The number of hydrogen-bond donors (Lipinski definition) is 2. The molecule has 3 N–H and O–H groups in total. The van der Waals surface area contributed by atoms with E-state index in [1.54, 1.807) is 6.07 Å². The van der Waals surface area contributed by atoms with Crippen LogP contribution in [-0.4, -0.2) is 29.8 Å². The summed E-state index contributed by atoms with van der Waals surface area (Å²) in [5.74, 6) is 0. The van der Waals surface area contributed by atoms with Gasteiger partial charge in [0.25, 0.3) is 0 Å². The van der Waals surface area contributed by atoms with E-state index in [0.717, 1.165) is 18.7 Å². The van der Waals surface area contributed by atoms with Gasteiger partial charge in [0.1, 0.15) is 4.99 Å². The molecule has 0 radical (unpaired) electrons. The zero-order chi connectivity index (χ0) is 12.8. The van der Waals surface area contributed by atoms with E-state index in [1.165, 1.54) is 0 Å². The molecule has 0 aromatic heterocycles. The first kappa shape index (κ1) is 14.2. The number of aliphatic hydroxyl groups excluding tert-OH is 1. The van der Waals surface area contributed by atoms with E-state index in [1.807, 2.05) is 17.0 Å². The molecule has 0 aliphatic rings. The number of rotatable bonds is 6. The summed E-state index contributed by atoms with van der Waals surface area (Å²) < 4.78 is 0. The third-order valence-electron chi connectivity index (χ3n) is 2.44. The summed E-state index contributed by atoms with van der Waals surface area (Å²) in [4.78, 5) is 2.32. The third kappa shape index (κ3) is 3.56. The molecule has 0 atom stereocenters. The number of nitrogens with two attached hydrogens (primary N) is 1. The molecule has 5 heteroatoms. The van der Waals surface area contributed by atoms with Gasteiger partial charge in [-0.1, -0.05) is 36.8 Å². The molecule has 0 aliphatic carbocycles. The SMILES string of the molecule is CCCN(CCO)c1cccc(Cl)c1C(N)=S. The predicted molar refractivity (Wildman–Crippen MR) is 76.9 cm³/mol. The highest BCUT2D eigenvalue weighted by Crippen LogP contribution is 2.27. The summed E-state index contributed by atoms with van der Waals surface area (Å²) in [7, 11) is 0. The van der Waals surface area contributed by atoms with Crippen molar-refractivity contribution in [2.45, 2.75) is 13.3 Å². The van der Waals surface area contributed by atoms with Crippen molar-refractivity contribution in [1.29, 1.82) is 0 Å². The van der Waals surface area contributed by atoms with Crippen LogP contribution in [0.4, 0.5) is 5.69 Å². The van der Waals surface area contributed by atoms with Gasteiger partial charge in [0.15, 0.2) is 0 Å². The van der Waals surface area contributed by atoms with Crippen LogP contribution in [0.5, 0.6) is 0 Å². The molecule has 1 aromatic carbocycles. The molecule has 1 aromatic rings. The fraction of sp³-hybridized carbons (Fsp3) is 0.417. The van der Waals surface area contributed by atoms with Gasteiger partial charge in [-0.3, -0.25) is 0 Å². The molecule has 0 fully saturated rings. The summed E-state index contributed by atoms with van der Waals surface area (Å²) in [6.45, 7) is 3.54. The Morgan fingerprint density at radius 3 is 2.71 bits per heavy atom. The van der Waals surface area contributed by atoms with Gasteiger partial charge in [-0.2, -0.15) is 0 Å². The molecule has 0 saturated heterocycles. The fourth-order valence-corrected chi connectivity index (χ4v) is 2.31. The minimum Gasteiger partial charge on any atom is -0.395 e. The molecule has 0 spiro atoms. The summed E-state index contributed by atoms with van der Waals surface area (Å²) in [6, 6.07) is 5.55. The second-order valence-electron chi connectivity index (χ2n) is 3.71. The Labute approximate surface area is 112 Å². The minimum atomic E-state index is 0.0866. The Hall–Kier alpha value is -0.840. The monoisotopic (exact) mass is 272 g/mol. The molecule has 1 rings (SSSR count). The lowest BCUT2D eigenvalue weighted by Crippen LogP contribution is -2.30. The summed E-state index contributed by atoms with van der Waals surface area (Å²) in [5.41, 5.74) is 7.28. The van der Waals surface area contributed by atoms with E-state index in [0.29, 0.717) is 17.1 Å². The maximum Gasteiger partial charge on any atom is 0.107 e. The lowest BCUT2D eigenvalue weighted by molar-refractivity contribution is 0.302. The van der Waals surface area contributed by atoms with Crippen molar-refractivity contribution in [3.63, 3.8) is 0 Å². The Kier molecular flexibility index (Phi) is 5.68. The maximum absolute atomic E-state index is 9.08. The quantitative estimate of drug-likeness (QED) is 0.780. The summed E-state index contributed by atoms with van der Waals surface area (Å²) in [6.07, 6.45) is 0.975. The van der Waals surface area contributed by atoms with E-state index in [2.05, 4.69) is 6.92 Å². The second kappa shape index (κ2) is 6.79. The van der Waals surface area contributed by atoms with Gasteiger partial charge in [0, 0.05) is 18.8 Å². The Bertz CT molecular complexity index is 392. The van der Waals surface area contributed by atoms with Crippen LogP contribution in [0.3, 0.4) is 0 Å². The van der Waals surface area contributed by atoms with Crippen LogP contribution in [0.2, 0.25) is 5.02 Å². The van der Waals surface area contributed by atoms with E-state index < -0.39 is 0 Å². The highest BCUT2D eigenvalue weighted by Gasteiger charge is 2.14. The third-order valence-corrected chi connectivity index (χ3v) is 2.96. The van der Waals surface area contributed by atoms with Gasteiger partial charge in [-0.25, -0.2) is 0 Å². The molecular formula is C12H17ClN2OS. The standard InChI is InChI=1S/C12H17ClN2OS/c1-2-6-15(7-8-16)10-5-3-4-9(13)11(10)12(14)17/h3-5,16H,2,6-8H2,1H3,(H2,14,17). The molecule has 3 nitrogen and oxygen atoms in total. The zero-order valence-electron chi connectivity index (χ0n) is 9.82. The van der Waals surface area contributed by atoms with E-state index in [4.69, 9.17) is 34.7 Å². The number of hydrogen-bond acceptors (Lipinski definition) is 3. The van der Waals surface area contributed by atoms with Crippen LogP contribution in [0.1, 0.15) is 18.9 Å². The Balaban J connectivity index is 3.17. The largest absolute Gasteiger partial charge is 0.395 e. The molecule has 0 unspecified atom stereocenters. The molecule has 0 bridgehead atoms. The van der Waals surface area contributed by atoms with Crippen molar-refractivity contribution in [3.8, 4) is 0 Å². The average molecular weight is 273 g/mol. The van der Waals surface area contributed by atoms with Gasteiger partial charge < -0.3 is 15.7 Å². The van der Waals surface area contributed by atoms with E-state index in [9.17, 15) is 0 Å². The van der Waals surface area contributed by atoms with Crippen LogP contribution in [-0.2, 0) is 0 Å². The van der Waals surface area contributed by atoms with E-state index >= 15 is 0 Å². The van der Waals surface area contributed by atoms with Crippen molar-refractivity contribution in [1.82, 2.24) is 0 Å². The minimum absolute atomic E-state index is 0.0866. The fourth-order valence-electron chi connectivity index (χ4n) is 1.76. The highest BCUT2D eigenvalue weighted by atomic mass is 35.5. The van der Waals surface area contributed by atoms with Crippen LogP contribution in [0, 0.1) is 0 Å². The zero-order valence-corrected chi connectivity index (χ0v) is 11.4. The Morgan fingerprint density at radius 1 is 1.47 bits per heavy atom. The van der Waals surface area contributed by atoms with Crippen LogP contribution >= 0.6 is 23.8 Å². The molecule has 17 heavy (non-hydrogen) atoms. The number of anilines is 1. The molecule has 0 saturated carbocycles. The van der Waals surface area contributed by atoms with Crippen LogP contribution in [0.25, 0.3) is 0 Å².